The highest BCUT2D eigenvalue weighted by atomic mass is 16.5. The van der Waals surface area contributed by atoms with Gasteiger partial charge in [-0.25, -0.2) is 4.98 Å². The third-order valence-corrected chi connectivity index (χ3v) is 3.06. The van der Waals surface area contributed by atoms with Gasteiger partial charge in [-0.15, -0.1) is 0 Å². The summed E-state index contributed by atoms with van der Waals surface area (Å²) in [6, 6.07) is 6.04. The molecule has 1 amide bonds. The molecule has 0 saturated carbocycles. The Morgan fingerprint density at radius 2 is 2.05 bits per heavy atom. The first-order valence-corrected chi connectivity index (χ1v) is 7.08. The van der Waals surface area contributed by atoms with Crippen LogP contribution in [0.25, 0.3) is 0 Å². The van der Waals surface area contributed by atoms with Gasteiger partial charge in [-0.2, -0.15) is 0 Å². The Bertz CT molecular complexity index is 559. The van der Waals surface area contributed by atoms with Crippen LogP contribution in [0.2, 0.25) is 0 Å². The van der Waals surface area contributed by atoms with Crippen LogP contribution in [-0.2, 0) is 11.2 Å². The van der Waals surface area contributed by atoms with E-state index < -0.39 is 0 Å². The van der Waals surface area contributed by atoms with Crippen molar-refractivity contribution in [3.8, 4) is 5.75 Å². The molecule has 0 radical (unpaired) electrons. The zero-order chi connectivity index (χ0) is 15.1. The number of ether oxygens (including phenoxy) is 1. The number of nitrogens with one attached hydrogen (secondary N) is 2. The molecular weight excluding hydrogens is 266 g/mol. The summed E-state index contributed by atoms with van der Waals surface area (Å²) in [5, 5.41) is 2.86. The van der Waals surface area contributed by atoms with E-state index in [9.17, 15) is 4.79 Å². The van der Waals surface area contributed by atoms with Crippen LogP contribution in [0.15, 0.2) is 30.7 Å². The first-order valence-electron chi connectivity index (χ1n) is 7.08. The Morgan fingerprint density at radius 3 is 2.71 bits per heavy atom. The lowest BCUT2D eigenvalue weighted by molar-refractivity contribution is -0.121. The highest BCUT2D eigenvalue weighted by Crippen LogP contribution is 2.16. The largest absolute Gasteiger partial charge is 0.493 e. The van der Waals surface area contributed by atoms with E-state index in [1.807, 2.05) is 26.0 Å². The van der Waals surface area contributed by atoms with E-state index in [1.165, 1.54) is 0 Å². The summed E-state index contributed by atoms with van der Waals surface area (Å²) in [4.78, 5) is 18.6. The molecule has 0 atom stereocenters. The van der Waals surface area contributed by atoms with E-state index >= 15 is 0 Å². The SMILES string of the molecule is Cc1cc(C)cc(OCCC(=O)NCCc2cnc[nH]2)c1. The first kappa shape index (κ1) is 15.1. The van der Waals surface area contributed by atoms with Crippen molar-refractivity contribution in [1.82, 2.24) is 15.3 Å². The van der Waals surface area contributed by atoms with Crippen molar-refractivity contribution in [3.63, 3.8) is 0 Å². The number of aryl methyl sites for hydroxylation is 2. The number of hydrogen-bond acceptors (Lipinski definition) is 3. The quantitative estimate of drug-likeness (QED) is 0.820. The second kappa shape index (κ2) is 7.47. The Morgan fingerprint density at radius 1 is 1.29 bits per heavy atom. The van der Waals surface area contributed by atoms with Crippen molar-refractivity contribution in [2.45, 2.75) is 26.7 Å². The Kier molecular flexibility index (Phi) is 5.37. The number of aromatic amines is 1. The molecule has 2 rings (SSSR count). The van der Waals surface area contributed by atoms with Gasteiger partial charge in [-0.05, 0) is 37.1 Å². The molecule has 0 fully saturated rings. The maximum absolute atomic E-state index is 11.7. The van der Waals surface area contributed by atoms with Gasteiger partial charge >= 0.3 is 0 Å². The van der Waals surface area contributed by atoms with Crippen molar-refractivity contribution >= 4 is 5.91 Å². The Labute approximate surface area is 124 Å². The van der Waals surface area contributed by atoms with E-state index in [-0.39, 0.29) is 5.91 Å². The number of H-pyrrole nitrogens is 1. The van der Waals surface area contributed by atoms with Gasteiger partial charge in [0.1, 0.15) is 5.75 Å². The van der Waals surface area contributed by atoms with Gasteiger partial charge in [0.25, 0.3) is 0 Å². The van der Waals surface area contributed by atoms with E-state index in [0.717, 1.165) is 29.0 Å². The maximum Gasteiger partial charge on any atom is 0.223 e. The molecule has 5 nitrogen and oxygen atoms in total. The summed E-state index contributed by atoms with van der Waals surface area (Å²) in [6.07, 6.45) is 4.50. The van der Waals surface area contributed by atoms with Gasteiger partial charge in [-0.3, -0.25) is 4.79 Å². The van der Waals surface area contributed by atoms with E-state index in [1.54, 1.807) is 12.5 Å². The van der Waals surface area contributed by atoms with Crippen LogP contribution in [0.5, 0.6) is 5.75 Å². The maximum atomic E-state index is 11.7. The molecule has 2 N–H and O–H groups in total. The molecule has 0 aliphatic rings. The number of amides is 1. The number of rotatable bonds is 7. The van der Waals surface area contributed by atoms with E-state index in [0.29, 0.717) is 19.6 Å². The van der Waals surface area contributed by atoms with Gasteiger partial charge in [0, 0.05) is 24.9 Å². The normalized spacial score (nSPS) is 10.4. The zero-order valence-electron chi connectivity index (χ0n) is 12.5. The fraction of sp³-hybridized carbons (Fsp3) is 0.375. The summed E-state index contributed by atoms with van der Waals surface area (Å²) in [5.41, 5.74) is 3.34. The summed E-state index contributed by atoms with van der Waals surface area (Å²) < 4.78 is 5.61. The topological polar surface area (TPSA) is 67.0 Å². The first-order chi connectivity index (χ1) is 10.1. The molecule has 0 aliphatic carbocycles. The lowest BCUT2D eigenvalue weighted by atomic mass is 10.1. The van der Waals surface area contributed by atoms with Gasteiger partial charge < -0.3 is 15.0 Å². The fourth-order valence-corrected chi connectivity index (χ4v) is 2.12. The standard InChI is InChI=1S/C16H21N3O2/c1-12-7-13(2)9-15(8-12)21-6-4-16(20)18-5-3-14-10-17-11-19-14/h7-11H,3-6H2,1-2H3,(H,17,19)(H,18,20). The molecule has 1 heterocycles. The minimum atomic E-state index is -0.00103. The van der Waals surface area contributed by atoms with Crippen LogP contribution in [0.1, 0.15) is 23.2 Å². The van der Waals surface area contributed by atoms with E-state index in [2.05, 4.69) is 21.4 Å². The van der Waals surface area contributed by atoms with Crippen molar-refractivity contribution < 1.29 is 9.53 Å². The minimum absolute atomic E-state index is 0.00103. The molecule has 5 heteroatoms. The Hall–Kier alpha value is -2.30. The van der Waals surface area contributed by atoms with Crippen LogP contribution < -0.4 is 10.1 Å². The predicted octanol–water partition coefficient (Wildman–Crippen LogP) is 2.15. The lowest BCUT2D eigenvalue weighted by Gasteiger charge is -2.08. The van der Waals surface area contributed by atoms with Crippen molar-refractivity contribution in [2.75, 3.05) is 13.2 Å². The minimum Gasteiger partial charge on any atom is -0.493 e. The molecule has 0 saturated heterocycles. The van der Waals surface area contributed by atoms with Gasteiger partial charge in [0.15, 0.2) is 0 Å². The summed E-state index contributed by atoms with van der Waals surface area (Å²) >= 11 is 0. The average Bonchev–Trinajstić information content (AvgIpc) is 2.91. The smallest absolute Gasteiger partial charge is 0.223 e. The second-order valence-corrected chi connectivity index (χ2v) is 5.10. The average molecular weight is 287 g/mol. The number of carbonyl (C=O) groups excluding carboxylic acids is 1. The molecule has 1 aromatic heterocycles. The van der Waals surface area contributed by atoms with Crippen LogP contribution in [-0.4, -0.2) is 29.0 Å². The summed E-state index contributed by atoms with van der Waals surface area (Å²) in [5.74, 6) is 0.816. The third-order valence-electron chi connectivity index (χ3n) is 3.06. The number of hydrogen-bond donors (Lipinski definition) is 2. The lowest BCUT2D eigenvalue weighted by Crippen LogP contribution is -2.27. The molecule has 0 unspecified atom stereocenters. The highest BCUT2D eigenvalue weighted by molar-refractivity contribution is 5.75. The van der Waals surface area contributed by atoms with E-state index in [4.69, 9.17) is 4.74 Å². The molecule has 0 spiro atoms. The second-order valence-electron chi connectivity index (χ2n) is 5.10. The third kappa shape index (κ3) is 5.30. The van der Waals surface area contributed by atoms with Crippen molar-refractivity contribution in [3.05, 3.63) is 47.5 Å². The van der Waals surface area contributed by atoms with Gasteiger partial charge in [-0.1, -0.05) is 6.07 Å². The highest BCUT2D eigenvalue weighted by Gasteiger charge is 2.03. The number of aromatic nitrogens is 2. The molecule has 112 valence electrons. The monoisotopic (exact) mass is 287 g/mol. The molecule has 1 aromatic carbocycles. The van der Waals surface area contributed by atoms with Gasteiger partial charge in [0.2, 0.25) is 5.91 Å². The van der Waals surface area contributed by atoms with Gasteiger partial charge in [0.05, 0.1) is 19.4 Å². The number of nitrogens with zero attached hydrogens (tertiary/aromatic N) is 1. The van der Waals surface area contributed by atoms with Crippen molar-refractivity contribution in [1.29, 1.82) is 0 Å². The Balaban J connectivity index is 1.64. The van der Waals surface area contributed by atoms with Crippen LogP contribution in [0.4, 0.5) is 0 Å². The molecular formula is C16H21N3O2. The molecule has 0 aliphatic heterocycles. The summed E-state index contributed by atoms with van der Waals surface area (Å²) in [6.45, 7) is 5.05. The number of imidazole rings is 1. The fourth-order valence-electron chi connectivity index (χ4n) is 2.12. The van der Waals surface area contributed by atoms with Crippen LogP contribution in [0, 0.1) is 13.8 Å². The molecule has 2 aromatic rings. The van der Waals surface area contributed by atoms with Crippen LogP contribution >= 0.6 is 0 Å². The zero-order valence-corrected chi connectivity index (χ0v) is 12.5. The van der Waals surface area contributed by atoms with Crippen molar-refractivity contribution in [2.24, 2.45) is 0 Å². The molecule has 0 bridgehead atoms. The predicted molar refractivity (Wildman–Crippen MR) is 81.3 cm³/mol. The van der Waals surface area contributed by atoms with Crippen LogP contribution in [0.3, 0.4) is 0 Å². The number of carbonyl (C=O) groups is 1. The summed E-state index contributed by atoms with van der Waals surface area (Å²) in [7, 11) is 0. The number of benzene rings is 1. The molecule has 21 heavy (non-hydrogen) atoms.